The molecule has 0 saturated carbocycles. The standard InChI is InChI=1S/C21H27N5O/c1-24-10-12-25(13-11-24)20-6-4-18(5-7-20)23-19-14-17(15-22-16-19)21(27)26-8-2-3-9-26/h4-7,14-16,23H,2-3,8-13H2,1H3. The Hall–Kier alpha value is -2.60. The summed E-state index contributed by atoms with van der Waals surface area (Å²) in [5, 5.41) is 3.37. The topological polar surface area (TPSA) is 51.7 Å². The quantitative estimate of drug-likeness (QED) is 0.903. The van der Waals surface area contributed by atoms with Crippen molar-refractivity contribution in [3.8, 4) is 0 Å². The van der Waals surface area contributed by atoms with Crippen LogP contribution in [0, 0.1) is 0 Å². The Labute approximate surface area is 160 Å². The molecule has 2 aliphatic heterocycles. The van der Waals surface area contributed by atoms with Gasteiger partial charge in [0.1, 0.15) is 0 Å². The lowest BCUT2D eigenvalue weighted by Crippen LogP contribution is -2.44. The van der Waals surface area contributed by atoms with E-state index >= 15 is 0 Å². The SMILES string of the molecule is CN1CCN(c2ccc(Nc3cncc(C(=O)N4CCCC4)c3)cc2)CC1. The average molecular weight is 365 g/mol. The summed E-state index contributed by atoms with van der Waals surface area (Å²) in [6, 6.07) is 10.4. The number of nitrogens with zero attached hydrogens (tertiary/aromatic N) is 4. The summed E-state index contributed by atoms with van der Waals surface area (Å²) < 4.78 is 0. The van der Waals surface area contributed by atoms with Crippen molar-refractivity contribution in [3.05, 3.63) is 48.3 Å². The predicted octanol–water partition coefficient (Wildman–Crippen LogP) is 2.81. The number of hydrogen-bond acceptors (Lipinski definition) is 5. The average Bonchev–Trinajstić information content (AvgIpc) is 3.24. The number of pyridine rings is 1. The van der Waals surface area contributed by atoms with Crippen molar-refractivity contribution in [2.45, 2.75) is 12.8 Å². The van der Waals surface area contributed by atoms with Crippen molar-refractivity contribution < 1.29 is 4.79 Å². The van der Waals surface area contributed by atoms with Gasteiger partial charge in [0.25, 0.3) is 5.91 Å². The van der Waals surface area contributed by atoms with Crippen molar-refractivity contribution in [1.29, 1.82) is 0 Å². The summed E-state index contributed by atoms with van der Waals surface area (Å²) in [4.78, 5) is 23.5. The summed E-state index contributed by atoms with van der Waals surface area (Å²) in [5.74, 6) is 0.0778. The van der Waals surface area contributed by atoms with Gasteiger partial charge in [0, 0.05) is 56.8 Å². The molecule has 2 fully saturated rings. The van der Waals surface area contributed by atoms with Gasteiger partial charge in [-0.15, -0.1) is 0 Å². The molecule has 0 atom stereocenters. The number of rotatable bonds is 4. The van der Waals surface area contributed by atoms with Gasteiger partial charge in [-0.05, 0) is 50.2 Å². The Balaban J connectivity index is 1.41. The molecule has 6 heteroatoms. The fourth-order valence-corrected chi connectivity index (χ4v) is 3.71. The number of carbonyl (C=O) groups is 1. The van der Waals surface area contributed by atoms with Crippen molar-refractivity contribution in [1.82, 2.24) is 14.8 Å². The Bertz CT molecular complexity index is 777. The van der Waals surface area contributed by atoms with Crippen LogP contribution >= 0.6 is 0 Å². The lowest BCUT2D eigenvalue weighted by molar-refractivity contribution is 0.0792. The van der Waals surface area contributed by atoms with Crippen LogP contribution in [-0.4, -0.2) is 67.0 Å². The van der Waals surface area contributed by atoms with Crippen LogP contribution in [-0.2, 0) is 0 Å². The third-order valence-electron chi connectivity index (χ3n) is 5.40. The monoisotopic (exact) mass is 365 g/mol. The first-order valence-electron chi connectivity index (χ1n) is 9.74. The molecule has 1 aromatic heterocycles. The zero-order valence-corrected chi connectivity index (χ0v) is 15.9. The molecule has 4 rings (SSSR count). The normalized spacial score (nSPS) is 18.0. The van der Waals surface area contributed by atoms with Crippen molar-refractivity contribution >= 4 is 23.0 Å². The summed E-state index contributed by atoms with van der Waals surface area (Å²) in [5.41, 5.74) is 3.74. The minimum absolute atomic E-state index is 0.0778. The molecule has 3 heterocycles. The third kappa shape index (κ3) is 4.22. The highest BCUT2D eigenvalue weighted by molar-refractivity contribution is 5.95. The van der Waals surface area contributed by atoms with E-state index in [0.29, 0.717) is 5.56 Å². The first-order chi connectivity index (χ1) is 13.2. The molecule has 1 aromatic carbocycles. The number of piperazine rings is 1. The fraction of sp³-hybridized carbons (Fsp3) is 0.429. The van der Waals surface area contributed by atoms with Crippen molar-refractivity contribution in [3.63, 3.8) is 0 Å². The van der Waals surface area contributed by atoms with Crippen LogP contribution < -0.4 is 10.2 Å². The van der Waals surface area contributed by atoms with E-state index < -0.39 is 0 Å². The summed E-state index contributed by atoms with van der Waals surface area (Å²) in [6.07, 6.45) is 5.60. The maximum atomic E-state index is 12.5. The minimum atomic E-state index is 0.0778. The van der Waals surface area contributed by atoms with Gasteiger partial charge in [0.15, 0.2) is 0 Å². The van der Waals surface area contributed by atoms with Crippen LogP contribution in [0.1, 0.15) is 23.2 Å². The zero-order valence-electron chi connectivity index (χ0n) is 15.9. The Morgan fingerprint density at radius 1 is 0.926 bits per heavy atom. The van der Waals surface area contributed by atoms with Crippen LogP contribution in [0.15, 0.2) is 42.7 Å². The van der Waals surface area contributed by atoms with E-state index in [1.165, 1.54) is 5.69 Å². The van der Waals surface area contributed by atoms with Crippen LogP contribution in [0.4, 0.5) is 17.1 Å². The number of benzene rings is 1. The first kappa shape index (κ1) is 17.8. The van der Waals surface area contributed by atoms with Crippen LogP contribution in [0.25, 0.3) is 0 Å². The highest BCUT2D eigenvalue weighted by atomic mass is 16.2. The Kier molecular flexibility index (Phi) is 5.25. The predicted molar refractivity (Wildman–Crippen MR) is 109 cm³/mol. The molecule has 0 unspecified atom stereocenters. The van der Waals surface area contributed by atoms with E-state index in [2.05, 4.69) is 51.4 Å². The second-order valence-corrected chi connectivity index (χ2v) is 7.42. The van der Waals surface area contributed by atoms with E-state index in [0.717, 1.165) is 63.5 Å². The molecule has 142 valence electrons. The van der Waals surface area contributed by atoms with Crippen molar-refractivity contribution in [2.24, 2.45) is 0 Å². The molecular formula is C21H27N5O. The molecule has 2 saturated heterocycles. The largest absolute Gasteiger partial charge is 0.369 e. The minimum Gasteiger partial charge on any atom is -0.369 e. The number of amides is 1. The van der Waals surface area contributed by atoms with Crippen LogP contribution in [0.5, 0.6) is 0 Å². The van der Waals surface area contributed by atoms with E-state index in [9.17, 15) is 4.79 Å². The molecule has 1 amide bonds. The molecule has 27 heavy (non-hydrogen) atoms. The number of carbonyl (C=O) groups excluding carboxylic acids is 1. The van der Waals surface area contributed by atoms with Crippen molar-refractivity contribution in [2.75, 3.05) is 56.5 Å². The molecule has 6 nitrogen and oxygen atoms in total. The molecule has 0 spiro atoms. The Morgan fingerprint density at radius 2 is 1.63 bits per heavy atom. The van der Waals surface area contributed by atoms with E-state index in [1.807, 2.05) is 11.0 Å². The van der Waals surface area contributed by atoms with E-state index in [4.69, 9.17) is 0 Å². The fourth-order valence-electron chi connectivity index (χ4n) is 3.71. The van der Waals surface area contributed by atoms with E-state index in [-0.39, 0.29) is 5.91 Å². The second-order valence-electron chi connectivity index (χ2n) is 7.42. The summed E-state index contributed by atoms with van der Waals surface area (Å²) in [6.45, 7) is 6.03. The molecular weight excluding hydrogens is 338 g/mol. The van der Waals surface area contributed by atoms with Gasteiger partial charge in [-0.1, -0.05) is 0 Å². The molecule has 2 aromatic rings. The Morgan fingerprint density at radius 3 is 2.33 bits per heavy atom. The lowest BCUT2D eigenvalue weighted by atomic mass is 10.2. The molecule has 0 aliphatic carbocycles. The third-order valence-corrected chi connectivity index (χ3v) is 5.40. The second kappa shape index (κ2) is 7.96. The number of likely N-dealkylation sites (tertiary alicyclic amines) is 1. The number of anilines is 3. The highest BCUT2D eigenvalue weighted by Gasteiger charge is 2.20. The molecule has 0 radical (unpaired) electrons. The lowest BCUT2D eigenvalue weighted by Gasteiger charge is -2.34. The first-order valence-corrected chi connectivity index (χ1v) is 9.74. The summed E-state index contributed by atoms with van der Waals surface area (Å²) >= 11 is 0. The van der Waals surface area contributed by atoms with Crippen LogP contribution in [0.3, 0.4) is 0 Å². The highest BCUT2D eigenvalue weighted by Crippen LogP contribution is 2.23. The van der Waals surface area contributed by atoms with Gasteiger partial charge in [-0.3, -0.25) is 9.78 Å². The van der Waals surface area contributed by atoms with Crippen LogP contribution in [0.2, 0.25) is 0 Å². The van der Waals surface area contributed by atoms with Gasteiger partial charge in [-0.25, -0.2) is 0 Å². The van der Waals surface area contributed by atoms with Gasteiger partial charge >= 0.3 is 0 Å². The van der Waals surface area contributed by atoms with E-state index in [1.54, 1.807) is 12.4 Å². The number of hydrogen-bond donors (Lipinski definition) is 1. The maximum absolute atomic E-state index is 12.5. The zero-order chi connectivity index (χ0) is 18.6. The molecule has 1 N–H and O–H groups in total. The molecule has 2 aliphatic rings. The number of nitrogens with one attached hydrogen (secondary N) is 1. The number of likely N-dealkylation sites (N-methyl/N-ethyl adjacent to an activating group) is 1. The van der Waals surface area contributed by atoms with Gasteiger partial charge < -0.3 is 20.0 Å². The smallest absolute Gasteiger partial charge is 0.255 e. The van der Waals surface area contributed by atoms with Gasteiger partial charge in [-0.2, -0.15) is 0 Å². The van der Waals surface area contributed by atoms with Gasteiger partial charge in [0.2, 0.25) is 0 Å². The number of aromatic nitrogens is 1. The van der Waals surface area contributed by atoms with Gasteiger partial charge in [0.05, 0.1) is 17.4 Å². The molecule has 0 bridgehead atoms. The maximum Gasteiger partial charge on any atom is 0.255 e. The summed E-state index contributed by atoms with van der Waals surface area (Å²) in [7, 11) is 2.17.